The van der Waals surface area contributed by atoms with E-state index in [-0.39, 0.29) is 11.7 Å². The van der Waals surface area contributed by atoms with Gasteiger partial charge in [0.05, 0.1) is 11.5 Å². The SMILES string of the molecule is CCOc1cc(C=C2SC(N3CCN(c4ccccc4)CC3)=NC2=O)ccc1O. The second kappa shape index (κ2) is 8.61. The van der Waals surface area contributed by atoms with Crippen molar-refractivity contribution in [2.24, 2.45) is 4.99 Å². The number of amidine groups is 1. The third kappa shape index (κ3) is 4.40. The summed E-state index contributed by atoms with van der Waals surface area (Å²) in [5.74, 6) is 0.282. The van der Waals surface area contributed by atoms with Crippen molar-refractivity contribution >= 4 is 34.6 Å². The summed E-state index contributed by atoms with van der Waals surface area (Å²) < 4.78 is 5.42. The van der Waals surface area contributed by atoms with Gasteiger partial charge in [-0.25, -0.2) is 0 Å². The molecule has 6 nitrogen and oxygen atoms in total. The molecule has 2 aromatic rings. The number of phenols is 1. The van der Waals surface area contributed by atoms with Crippen LogP contribution in [0.4, 0.5) is 5.69 Å². The van der Waals surface area contributed by atoms with Gasteiger partial charge in [0.25, 0.3) is 5.91 Å². The third-order valence-electron chi connectivity index (χ3n) is 4.86. The summed E-state index contributed by atoms with van der Waals surface area (Å²) in [4.78, 5) is 21.8. The van der Waals surface area contributed by atoms with Crippen LogP contribution in [0.2, 0.25) is 0 Å². The molecule has 1 saturated heterocycles. The lowest BCUT2D eigenvalue weighted by atomic mass is 10.2. The molecule has 0 unspecified atom stereocenters. The Morgan fingerprint density at radius 1 is 1.10 bits per heavy atom. The minimum Gasteiger partial charge on any atom is -0.504 e. The highest BCUT2D eigenvalue weighted by molar-refractivity contribution is 8.18. The Kier molecular flexibility index (Phi) is 5.76. The van der Waals surface area contributed by atoms with Crippen LogP contribution in [-0.2, 0) is 4.79 Å². The molecule has 0 spiro atoms. The number of anilines is 1. The van der Waals surface area contributed by atoms with E-state index in [0.717, 1.165) is 36.9 Å². The summed E-state index contributed by atoms with van der Waals surface area (Å²) in [6, 6.07) is 15.4. The number of carbonyl (C=O) groups is 1. The molecule has 1 fully saturated rings. The zero-order valence-electron chi connectivity index (χ0n) is 16.2. The van der Waals surface area contributed by atoms with Crippen molar-refractivity contribution in [3.8, 4) is 11.5 Å². The van der Waals surface area contributed by atoms with Crippen molar-refractivity contribution in [2.45, 2.75) is 6.92 Å². The third-order valence-corrected chi connectivity index (χ3v) is 5.91. The first kappa shape index (κ1) is 19.4. The van der Waals surface area contributed by atoms with Crippen LogP contribution < -0.4 is 9.64 Å². The minimum absolute atomic E-state index is 0.0904. The highest BCUT2D eigenvalue weighted by atomic mass is 32.2. The lowest BCUT2D eigenvalue weighted by molar-refractivity contribution is -0.113. The molecule has 0 aliphatic carbocycles. The summed E-state index contributed by atoms with van der Waals surface area (Å²) >= 11 is 1.41. The van der Waals surface area contributed by atoms with Crippen molar-refractivity contribution in [1.82, 2.24) is 4.90 Å². The molecular formula is C22H23N3O3S. The number of hydrogen-bond donors (Lipinski definition) is 1. The molecule has 7 heteroatoms. The molecule has 4 rings (SSSR count). The Balaban J connectivity index is 1.41. The van der Waals surface area contributed by atoms with Crippen LogP contribution in [0.15, 0.2) is 58.4 Å². The van der Waals surface area contributed by atoms with E-state index in [9.17, 15) is 9.90 Å². The number of nitrogens with zero attached hydrogens (tertiary/aromatic N) is 3. The molecule has 29 heavy (non-hydrogen) atoms. The molecule has 0 saturated carbocycles. The topological polar surface area (TPSA) is 65.4 Å². The largest absolute Gasteiger partial charge is 0.504 e. The van der Waals surface area contributed by atoms with Gasteiger partial charge < -0.3 is 19.6 Å². The van der Waals surface area contributed by atoms with Crippen molar-refractivity contribution < 1.29 is 14.6 Å². The van der Waals surface area contributed by atoms with Gasteiger partial charge in [-0.1, -0.05) is 24.3 Å². The Morgan fingerprint density at radius 3 is 2.55 bits per heavy atom. The lowest BCUT2D eigenvalue weighted by Gasteiger charge is -2.36. The molecule has 2 heterocycles. The van der Waals surface area contributed by atoms with Crippen molar-refractivity contribution in [3.05, 3.63) is 59.0 Å². The fourth-order valence-electron chi connectivity index (χ4n) is 3.37. The number of carbonyl (C=O) groups excluding carboxylic acids is 1. The molecular weight excluding hydrogens is 386 g/mol. The van der Waals surface area contributed by atoms with E-state index in [1.54, 1.807) is 24.3 Å². The summed E-state index contributed by atoms with van der Waals surface area (Å²) in [5, 5.41) is 10.6. The Labute approximate surface area is 174 Å². The molecule has 1 amide bonds. The Bertz CT molecular complexity index is 951. The van der Waals surface area contributed by atoms with Crippen molar-refractivity contribution in [1.29, 1.82) is 0 Å². The van der Waals surface area contributed by atoms with Crippen LogP contribution >= 0.6 is 11.8 Å². The van der Waals surface area contributed by atoms with Crippen LogP contribution in [0.5, 0.6) is 11.5 Å². The van der Waals surface area contributed by atoms with Crippen LogP contribution in [-0.4, -0.2) is 53.9 Å². The number of rotatable bonds is 4. The van der Waals surface area contributed by atoms with Gasteiger partial charge in [-0.2, -0.15) is 4.99 Å². The Morgan fingerprint density at radius 2 is 1.83 bits per heavy atom. The second-order valence-corrected chi connectivity index (χ2v) is 7.79. The number of amides is 1. The van der Waals surface area contributed by atoms with Gasteiger partial charge in [0.2, 0.25) is 0 Å². The van der Waals surface area contributed by atoms with E-state index in [4.69, 9.17) is 4.74 Å². The highest BCUT2D eigenvalue weighted by Gasteiger charge is 2.28. The normalized spacial score (nSPS) is 18.3. The van der Waals surface area contributed by atoms with Gasteiger partial charge in [-0.3, -0.25) is 4.79 Å². The van der Waals surface area contributed by atoms with Crippen LogP contribution in [0.1, 0.15) is 12.5 Å². The first-order valence-corrected chi connectivity index (χ1v) is 10.5. The van der Waals surface area contributed by atoms with Crippen molar-refractivity contribution in [3.63, 3.8) is 0 Å². The summed E-state index contributed by atoms with van der Waals surface area (Å²) in [5.41, 5.74) is 2.02. The number of hydrogen-bond acceptors (Lipinski definition) is 6. The van der Waals surface area contributed by atoms with Gasteiger partial charge in [-0.05, 0) is 54.6 Å². The average molecular weight is 410 g/mol. The molecule has 0 bridgehead atoms. The Hall–Kier alpha value is -2.93. The van der Waals surface area contributed by atoms with E-state index in [1.165, 1.54) is 17.4 Å². The lowest BCUT2D eigenvalue weighted by Crippen LogP contribution is -2.47. The van der Waals surface area contributed by atoms with Gasteiger partial charge in [0.1, 0.15) is 0 Å². The predicted octanol–water partition coefficient (Wildman–Crippen LogP) is 3.58. The van der Waals surface area contributed by atoms with Crippen LogP contribution in [0.3, 0.4) is 0 Å². The smallest absolute Gasteiger partial charge is 0.286 e. The molecule has 0 radical (unpaired) electrons. The zero-order valence-corrected chi connectivity index (χ0v) is 17.1. The predicted molar refractivity (Wildman–Crippen MR) is 118 cm³/mol. The molecule has 0 atom stereocenters. The van der Waals surface area contributed by atoms with Gasteiger partial charge in [0, 0.05) is 31.9 Å². The van der Waals surface area contributed by atoms with E-state index in [0.29, 0.717) is 17.3 Å². The van der Waals surface area contributed by atoms with E-state index in [1.807, 2.05) is 13.0 Å². The van der Waals surface area contributed by atoms with Crippen molar-refractivity contribution in [2.75, 3.05) is 37.7 Å². The second-order valence-electron chi connectivity index (χ2n) is 6.78. The number of aliphatic imine (C=N–C) groups is 1. The standard InChI is InChI=1S/C22H23N3O3S/c1-2-28-19-14-16(8-9-18(19)26)15-20-21(27)23-22(29-20)25-12-10-24(11-13-25)17-6-4-3-5-7-17/h3-9,14-15,26H,2,10-13H2,1H3. The van der Waals surface area contributed by atoms with E-state index < -0.39 is 0 Å². The maximum Gasteiger partial charge on any atom is 0.286 e. The molecule has 2 aliphatic rings. The quantitative estimate of drug-likeness (QED) is 0.779. The number of thioether (sulfide) groups is 1. The van der Waals surface area contributed by atoms with Gasteiger partial charge >= 0.3 is 0 Å². The molecule has 2 aliphatic heterocycles. The maximum atomic E-state index is 12.4. The fourth-order valence-corrected chi connectivity index (χ4v) is 4.34. The van der Waals surface area contributed by atoms with E-state index >= 15 is 0 Å². The van der Waals surface area contributed by atoms with Crippen LogP contribution in [0.25, 0.3) is 6.08 Å². The number of aromatic hydroxyl groups is 1. The number of benzene rings is 2. The number of phenolic OH excluding ortho intramolecular Hbond substituents is 1. The summed E-state index contributed by atoms with van der Waals surface area (Å²) in [7, 11) is 0. The first-order chi connectivity index (χ1) is 14.1. The number of ether oxygens (including phenoxy) is 1. The van der Waals surface area contributed by atoms with E-state index in [2.05, 4.69) is 39.1 Å². The van der Waals surface area contributed by atoms with Crippen LogP contribution in [0, 0.1) is 0 Å². The average Bonchev–Trinajstić information content (AvgIpc) is 3.12. The molecule has 150 valence electrons. The number of para-hydroxylation sites is 1. The maximum absolute atomic E-state index is 12.4. The zero-order chi connectivity index (χ0) is 20.2. The highest BCUT2D eigenvalue weighted by Crippen LogP contribution is 2.33. The molecule has 2 aromatic carbocycles. The first-order valence-electron chi connectivity index (χ1n) is 9.67. The minimum atomic E-state index is -0.221. The molecule has 1 N–H and O–H groups in total. The van der Waals surface area contributed by atoms with Gasteiger partial charge in [0.15, 0.2) is 16.7 Å². The summed E-state index contributed by atoms with van der Waals surface area (Å²) in [6.45, 7) is 5.77. The monoisotopic (exact) mass is 409 g/mol. The fraction of sp³-hybridized carbons (Fsp3) is 0.273. The molecule has 0 aromatic heterocycles. The van der Waals surface area contributed by atoms with Gasteiger partial charge in [-0.15, -0.1) is 0 Å². The number of piperazine rings is 1. The summed E-state index contributed by atoms with van der Waals surface area (Å²) in [6.07, 6.45) is 1.80.